The van der Waals surface area contributed by atoms with Gasteiger partial charge in [0.2, 0.25) is 10.0 Å². The fourth-order valence-electron chi connectivity index (χ4n) is 1.09. The van der Waals surface area contributed by atoms with E-state index >= 15 is 0 Å². The summed E-state index contributed by atoms with van der Waals surface area (Å²) in [7, 11) is -3.70. The van der Waals surface area contributed by atoms with Crippen LogP contribution in [0.1, 0.15) is 13.8 Å². The standard InChI is InChI=1S/C9H12ClNO3S/c1-6(2)11-15(13,14)8-5-3-4-7(10)9(8)12/h3-6,11-12H,1-2H3. The molecule has 0 saturated carbocycles. The quantitative estimate of drug-likeness (QED) is 0.858. The van der Waals surface area contributed by atoms with Crippen molar-refractivity contribution < 1.29 is 13.5 Å². The summed E-state index contributed by atoms with van der Waals surface area (Å²) >= 11 is 5.61. The first-order valence-corrected chi connectivity index (χ1v) is 6.20. The molecule has 6 heteroatoms. The maximum atomic E-state index is 11.7. The smallest absolute Gasteiger partial charge is 0.244 e. The van der Waals surface area contributed by atoms with Crippen LogP contribution in [0.5, 0.6) is 5.75 Å². The van der Waals surface area contributed by atoms with E-state index in [1.54, 1.807) is 13.8 Å². The van der Waals surface area contributed by atoms with E-state index in [2.05, 4.69) is 4.72 Å². The molecule has 0 atom stereocenters. The number of hydrogen-bond donors (Lipinski definition) is 2. The van der Waals surface area contributed by atoms with Crippen LogP contribution in [-0.4, -0.2) is 19.6 Å². The van der Waals surface area contributed by atoms with Gasteiger partial charge in [-0.1, -0.05) is 17.7 Å². The number of rotatable bonds is 3. The number of phenolic OH excluding ortho intramolecular Hbond substituents is 1. The molecule has 0 heterocycles. The minimum absolute atomic E-state index is 0.0154. The van der Waals surface area contributed by atoms with Crippen LogP contribution in [0.3, 0.4) is 0 Å². The third-order valence-electron chi connectivity index (χ3n) is 1.63. The molecule has 0 saturated heterocycles. The first kappa shape index (κ1) is 12.3. The van der Waals surface area contributed by atoms with Gasteiger partial charge in [0.15, 0.2) is 5.75 Å². The van der Waals surface area contributed by atoms with Gasteiger partial charge in [-0.05, 0) is 26.0 Å². The van der Waals surface area contributed by atoms with Crippen molar-refractivity contribution in [2.75, 3.05) is 0 Å². The van der Waals surface area contributed by atoms with Gasteiger partial charge < -0.3 is 5.11 Å². The maximum absolute atomic E-state index is 11.7. The second-order valence-electron chi connectivity index (χ2n) is 3.36. The fraction of sp³-hybridized carbons (Fsp3) is 0.333. The van der Waals surface area contributed by atoms with E-state index in [1.165, 1.54) is 18.2 Å². The molecule has 0 aliphatic rings. The summed E-state index contributed by atoms with van der Waals surface area (Å²) in [5, 5.41) is 9.51. The lowest BCUT2D eigenvalue weighted by Gasteiger charge is -2.11. The Balaban J connectivity index is 3.22. The van der Waals surface area contributed by atoms with Crippen LogP contribution in [-0.2, 0) is 10.0 Å². The zero-order valence-electron chi connectivity index (χ0n) is 8.36. The lowest BCUT2D eigenvalue weighted by atomic mass is 10.3. The number of sulfonamides is 1. The number of para-hydroxylation sites is 1. The zero-order chi connectivity index (χ0) is 11.6. The second kappa shape index (κ2) is 4.38. The van der Waals surface area contributed by atoms with Gasteiger partial charge >= 0.3 is 0 Å². The average molecular weight is 250 g/mol. The monoisotopic (exact) mass is 249 g/mol. The molecule has 15 heavy (non-hydrogen) atoms. The largest absolute Gasteiger partial charge is 0.505 e. The molecular weight excluding hydrogens is 238 g/mol. The van der Waals surface area contributed by atoms with Crippen LogP contribution in [0.25, 0.3) is 0 Å². The third kappa shape index (κ3) is 2.84. The van der Waals surface area contributed by atoms with Crippen molar-refractivity contribution in [1.82, 2.24) is 4.72 Å². The van der Waals surface area contributed by atoms with Crippen molar-refractivity contribution in [3.63, 3.8) is 0 Å². The molecule has 1 aromatic carbocycles. The molecule has 0 spiro atoms. The number of phenols is 1. The Kier molecular flexibility index (Phi) is 3.59. The number of aromatic hydroxyl groups is 1. The van der Waals surface area contributed by atoms with Crippen LogP contribution in [0.2, 0.25) is 5.02 Å². The third-order valence-corrected chi connectivity index (χ3v) is 3.63. The summed E-state index contributed by atoms with van der Waals surface area (Å²) in [6.07, 6.45) is 0. The summed E-state index contributed by atoms with van der Waals surface area (Å²) in [4.78, 5) is -0.205. The molecule has 1 rings (SSSR count). The maximum Gasteiger partial charge on any atom is 0.244 e. The van der Waals surface area contributed by atoms with Gasteiger partial charge in [0.1, 0.15) is 4.90 Å². The van der Waals surface area contributed by atoms with E-state index in [1.807, 2.05) is 0 Å². The molecule has 84 valence electrons. The molecule has 0 bridgehead atoms. The van der Waals surface area contributed by atoms with Crippen molar-refractivity contribution in [2.45, 2.75) is 24.8 Å². The zero-order valence-corrected chi connectivity index (χ0v) is 9.93. The lowest BCUT2D eigenvalue weighted by Crippen LogP contribution is -2.30. The summed E-state index contributed by atoms with van der Waals surface area (Å²) < 4.78 is 25.7. The van der Waals surface area contributed by atoms with E-state index in [9.17, 15) is 13.5 Å². The molecule has 0 unspecified atom stereocenters. The number of benzene rings is 1. The number of nitrogens with one attached hydrogen (secondary N) is 1. The Morgan fingerprint density at radius 3 is 2.53 bits per heavy atom. The minimum atomic E-state index is -3.70. The predicted octanol–water partition coefficient (Wildman–Crippen LogP) is 1.73. The molecule has 2 N–H and O–H groups in total. The highest BCUT2D eigenvalue weighted by Gasteiger charge is 2.20. The molecule has 0 fully saturated rings. The van der Waals surface area contributed by atoms with E-state index in [4.69, 9.17) is 11.6 Å². The van der Waals surface area contributed by atoms with Gasteiger partial charge in [0.25, 0.3) is 0 Å². The second-order valence-corrected chi connectivity index (χ2v) is 5.45. The predicted molar refractivity (Wildman–Crippen MR) is 58.6 cm³/mol. The fourth-order valence-corrected chi connectivity index (χ4v) is 2.69. The number of hydrogen-bond acceptors (Lipinski definition) is 3. The highest BCUT2D eigenvalue weighted by Crippen LogP contribution is 2.30. The average Bonchev–Trinajstić information content (AvgIpc) is 2.07. The lowest BCUT2D eigenvalue weighted by molar-refractivity contribution is 0.457. The van der Waals surface area contributed by atoms with Crippen molar-refractivity contribution >= 4 is 21.6 Å². The van der Waals surface area contributed by atoms with Crippen LogP contribution in [0.4, 0.5) is 0 Å². The van der Waals surface area contributed by atoms with Crippen LogP contribution in [0, 0.1) is 0 Å². The summed E-state index contributed by atoms with van der Waals surface area (Å²) in [5.41, 5.74) is 0. The molecular formula is C9H12ClNO3S. The van der Waals surface area contributed by atoms with Gasteiger partial charge in [-0.2, -0.15) is 0 Å². The van der Waals surface area contributed by atoms with E-state index < -0.39 is 15.8 Å². The minimum Gasteiger partial charge on any atom is -0.505 e. The summed E-state index contributed by atoms with van der Waals surface area (Å²) in [5.74, 6) is -0.424. The first-order chi connectivity index (χ1) is 6.84. The Labute approximate surface area is 93.9 Å². The summed E-state index contributed by atoms with van der Waals surface area (Å²) in [6.45, 7) is 3.39. The Morgan fingerprint density at radius 2 is 2.00 bits per heavy atom. The molecule has 0 amide bonds. The van der Waals surface area contributed by atoms with Gasteiger partial charge in [0, 0.05) is 6.04 Å². The molecule has 1 aromatic rings. The molecule has 4 nitrogen and oxygen atoms in total. The molecule has 0 aliphatic heterocycles. The van der Waals surface area contributed by atoms with Gasteiger partial charge in [-0.3, -0.25) is 0 Å². The highest BCUT2D eigenvalue weighted by atomic mass is 35.5. The van der Waals surface area contributed by atoms with E-state index in [-0.39, 0.29) is 16.0 Å². The molecule has 0 radical (unpaired) electrons. The topological polar surface area (TPSA) is 66.4 Å². The van der Waals surface area contributed by atoms with Crippen LogP contribution >= 0.6 is 11.6 Å². The Morgan fingerprint density at radius 1 is 1.40 bits per heavy atom. The Bertz CT molecular complexity index is 456. The van der Waals surface area contributed by atoms with Crippen LogP contribution < -0.4 is 4.72 Å². The van der Waals surface area contributed by atoms with E-state index in [0.717, 1.165) is 0 Å². The highest BCUT2D eigenvalue weighted by molar-refractivity contribution is 7.89. The van der Waals surface area contributed by atoms with Gasteiger partial charge in [0.05, 0.1) is 5.02 Å². The van der Waals surface area contributed by atoms with Crippen molar-refractivity contribution in [1.29, 1.82) is 0 Å². The Hall–Kier alpha value is -0.780. The summed E-state index contributed by atoms with van der Waals surface area (Å²) in [6, 6.07) is 3.95. The number of halogens is 1. The van der Waals surface area contributed by atoms with Crippen molar-refractivity contribution in [2.24, 2.45) is 0 Å². The molecule has 0 aromatic heterocycles. The van der Waals surface area contributed by atoms with Crippen LogP contribution in [0.15, 0.2) is 23.1 Å². The van der Waals surface area contributed by atoms with E-state index in [0.29, 0.717) is 0 Å². The first-order valence-electron chi connectivity index (χ1n) is 4.34. The van der Waals surface area contributed by atoms with Crippen molar-refractivity contribution in [3.8, 4) is 5.75 Å². The SMILES string of the molecule is CC(C)NS(=O)(=O)c1cccc(Cl)c1O. The normalized spacial score (nSPS) is 12.0. The van der Waals surface area contributed by atoms with Gasteiger partial charge in [-0.15, -0.1) is 0 Å². The van der Waals surface area contributed by atoms with Gasteiger partial charge in [-0.25, -0.2) is 13.1 Å². The molecule has 0 aliphatic carbocycles. The van der Waals surface area contributed by atoms with Crippen molar-refractivity contribution in [3.05, 3.63) is 23.2 Å².